The van der Waals surface area contributed by atoms with Gasteiger partial charge in [0.25, 0.3) is 0 Å². The second-order valence-electron chi connectivity index (χ2n) is 9.11. The highest BCUT2D eigenvalue weighted by atomic mass is 32.1. The summed E-state index contributed by atoms with van der Waals surface area (Å²) in [6, 6.07) is 19.9. The molecule has 184 valence electrons. The summed E-state index contributed by atoms with van der Waals surface area (Å²) in [5, 5.41) is 12.8. The van der Waals surface area contributed by atoms with Crippen molar-refractivity contribution in [1.82, 2.24) is 9.80 Å². The first-order chi connectivity index (χ1) is 17.0. The number of thiophene rings is 1. The normalized spacial score (nSPS) is 16.1. The Hall–Kier alpha value is -2.93. The monoisotopic (exact) mass is 490 g/mol. The van der Waals surface area contributed by atoms with Gasteiger partial charge in [-0.2, -0.15) is 0 Å². The fourth-order valence-electron chi connectivity index (χ4n) is 4.67. The van der Waals surface area contributed by atoms with E-state index in [1.165, 1.54) is 10.4 Å². The lowest BCUT2D eigenvalue weighted by atomic mass is 10.00. The van der Waals surface area contributed by atoms with Gasteiger partial charge in [-0.1, -0.05) is 48.5 Å². The minimum absolute atomic E-state index is 0.0495. The van der Waals surface area contributed by atoms with E-state index in [1.807, 2.05) is 71.3 Å². The maximum absolute atomic E-state index is 13.5. The molecule has 0 saturated heterocycles. The number of ether oxygens (including phenoxy) is 1. The molecule has 0 radical (unpaired) electrons. The van der Waals surface area contributed by atoms with E-state index in [-0.39, 0.29) is 18.5 Å². The zero-order chi connectivity index (χ0) is 24.6. The summed E-state index contributed by atoms with van der Waals surface area (Å²) in [6.07, 6.45) is 2.64. The number of carbonyl (C=O) groups is 1. The minimum atomic E-state index is -0.560. The number of amides is 1. The van der Waals surface area contributed by atoms with Crippen LogP contribution in [0.3, 0.4) is 0 Å². The van der Waals surface area contributed by atoms with E-state index >= 15 is 0 Å². The maximum Gasteiger partial charge on any atom is 0.237 e. The fraction of sp³-hybridized carbons (Fsp3) is 0.345. The Morgan fingerprint density at radius 3 is 2.86 bits per heavy atom. The molecule has 1 aliphatic heterocycles. The van der Waals surface area contributed by atoms with Crippen LogP contribution in [0.15, 0.2) is 78.7 Å². The van der Waals surface area contributed by atoms with Crippen molar-refractivity contribution in [3.05, 3.63) is 100 Å². The lowest BCUT2D eigenvalue weighted by Crippen LogP contribution is -2.48. The van der Waals surface area contributed by atoms with Crippen LogP contribution >= 0.6 is 11.3 Å². The highest BCUT2D eigenvalue weighted by Crippen LogP contribution is 2.34. The Morgan fingerprint density at radius 1 is 1.26 bits per heavy atom. The van der Waals surface area contributed by atoms with Gasteiger partial charge < -0.3 is 14.7 Å². The molecular weight excluding hydrogens is 456 g/mol. The topological polar surface area (TPSA) is 53.0 Å². The predicted octanol–water partition coefficient (Wildman–Crippen LogP) is 4.65. The van der Waals surface area contributed by atoms with Gasteiger partial charge in [0.15, 0.2) is 0 Å². The Labute approximate surface area is 212 Å². The van der Waals surface area contributed by atoms with Crippen LogP contribution in [0.25, 0.3) is 0 Å². The lowest BCUT2D eigenvalue weighted by molar-refractivity contribution is -0.136. The van der Waals surface area contributed by atoms with Crippen LogP contribution < -0.4 is 4.74 Å². The van der Waals surface area contributed by atoms with E-state index in [0.29, 0.717) is 32.7 Å². The molecule has 1 aromatic heterocycles. The summed E-state index contributed by atoms with van der Waals surface area (Å²) in [5.41, 5.74) is 3.41. The number of hydrogen-bond donors (Lipinski definition) is 1. The number of nitrogens with zero attached hydrogens (tertiary/aromatic N) is 2. The molecule has 0 spiro atoms. The molecule has 2 aromatic carbocycles. The highest BCUT2D eigenvalue weighted by Gasteiger charge is 2.33. The molecule has 1 aliphatic rings. The van der Waals surface area contributed by atoms with Crippen LogP contribution in [0.2, 0.25) is 0 Å². The molecule has 4 rings (SSSR count). The third-order valence-corrected chi connectivity index (χ3v) is 7.34. The quantitative estimate of drug-likeness (QED) is 0.398. The van der Waals surface area contributed by atoms with Crippen LogP contribution in [0.1, 0.15) is 27.6 Å². The van der Waals surface area contributed by atoms with E-state index in [9.17, 15) is 9.90 Å². The second kappa shape index (κ2) is 12.2. The molecule has 0 unspecified atom stereocenters. The minimum Gasteiger partial charge on any atom is -0.491 e. The van der Waals surface area contributed by atoms with E-state index in [2.05, 4.69) is 18.0 Å². The van der Waals surface area contributed by atoms with Crippen molar-refractivity contribution in [3.63, 3.8) is 0 Å². The van der Waals surface area contributed by atoms with E-state index in [1.54, 1.807) is 17.4 Å². The zero-order valence-corrected chi connectivity index (χ0v) is 21.1. The molecule has 3 aromatic rings. The van der Waals surface area contributed by atoms with Crippen molar-refractivity contribution in [2.75, 3.05) is 32.8 Å². The standard InChI is InChI=1S/C29H34N2O3S/c1-3-14-30(19-24(32)18-23-9-5-4-6-10-23)20-29(33)31-15-12-28-26(13-16-35-28)27(31)21-34-25-11-7-8-22(2)17-25/h3-11,13,16-17,24,27,32H,1,12,14-15,18-21H2,2H3/t24-,27+/m1/s1. The van der Waals surface area contributed by atoms with Gasteiger partial charge in [-0.25, -0.2) is 0 Å². The van der Waals surface area contributed by atoms with Crippen molar-refractivity contribution >= 4 is 17.2 Å². The van der Waals surface area contributed by atoms with Gasteiger partial charge in [0.1, 0.15) is 12.4 Å². The molecule has 35 heavy (non-hydrogen) atoms. The first-order valence-electron chi connectivity index (χ1n) is 12.1. The maximum atomic E-state index is 13.5. The Bertz CT molecular complexity index is 1110. The summed E-state index contributed by atoms with van der Waals surface area (Å²) in [4.78, 5) is 18.8. The molecular formula is C29H34N2O3S. The molecule has 6 heteroatoms. The Balaban J connectivity index is 1.43. The first-order valence-corrected chi connectivity index (χ1v) is 13.0. The smallest absolute Gasteiger partial charge is 0.237 e. The summed E-state index contributed by atoms with van der Waals surface area (Å²) in [6.45, 7) is 8.17. The number of hydrogen-bond acceptors (Lipinski definition) is 5. The molecule has 1 amide bonds. The van der Waals surface area contributed by atoms with Crippen LogP contribution in [0.4, 0.5) is 0 Å². The number of aliphatic hydroxyl groups excluding tert-OH is 1. The molecule has 2 heterocycles. The van der Waals surface area contributed by atoms with Crippen LogP contribution in [0.5, 0.6) is 5.75 Å². The third kappa shape index (κ3) is 6.82. The van der Waals surface area contributed by atoms with Crippen molar-refractivity contribution < 1.29 is 14.6 Å². The average Bonchev–Trinajstić information content (AvgIpc) is 3.32. The summed E-state index contributed by atoms with van der Waals surface area (Å²) < 4.78 is 6.16. The van der Waals surface area contributed by atoms with Gasteiger partial charge in [-0.15, -0.1) is 17.9 Å². The molecule has 0 saturated carbocycles. The van der Waals surface area contributed by atoms with Crippen molar-refractivity contribution in [2.24, 2.45) is 0 Å². The fourth-order valence-corrected chi connectivity index (χ4v) is 5.60. The number of benzene rings is 2. The number of aliphatic hydroxyl groups is 1. The number of fused-ring (bicyclic) bond motifs is 1. The Morgan fingerprint density at radius 2 is 2.09 bits per heavy atom. The summed E-state index contributed by atoms with van der Waals surface area (Å²) >= 11 is 1.75. The van der Waals surface area contributed by atoms with Crippen molar-refractivity contribution in [3.8, 4) is 5.75 Å². The summed E-state index contributed by atoms with van der Waals surface area (Å²) in [5.74, 6) is 0.866. The van der Waals surface area contributed by atoms with Crippen LogP contribution in [0, 0.1) is 6.92 Å². The molecule has 0 bridgehead atoms. The largest absolute Gasteiger partial charge is 0.491 e. The lowest BCUT2D eigenvalue weighted by Gasteiger charge is -2.37. The molecule has 0 aliphatic carbocycles. The summed E-state index contributed by atoms with van der Waals surface area (Å²) in [7, 11) is 0. The van der Waals surface area contributed by atoms with E-state index in [4.69, 9.17) is 4.74 Å². The number of rotatable bonds is 11. The molecule has 5 nitrogen and oxygen atoms in total. The van der Waals surface area contributed by atoms with Gasteiger partial charge in [0.2, 0.25) is 5.91 Å². The average molecular weight is 491 g/mol. The van der Waals surface area contributed by atoms with E-state index < -0.39 is 6.10 Å². The zero-order valence-electron chi connectivity index (χ0n) is 20.3. The molecule has 1 N–H and O–H groups in total. The van der Waals surface area contributed by atoms with Gasteiger partial charge >= 0.3 is 0 Å². The second-order valence-corrected chi connectivity index (χ2v) is 10.1. The molecule has 0 fully saturated rings. The Kier molecular flexibility index (Phi) is 8.74. The van der Waals surface area contributed by atoms with Crippen molar-refractivity contribution in [2.45, 2.75) is 31.9 Å². The van der Waals surface area contributed by atoms with Gasteiger partial charge in [0, 0.05) is 24.5 Å². The van der Waals surface area contributed by atoms with Crippen LogP contribution in [-0.4, -0.2) is 59.7 Å². The van der Waals surface area contributed by atoms with Crippen molar-refractivity contribution in [1.29, 1.82) is 0 Å². The highest BCUT2D eigenvalue weighted by molar-refractivity contribution is 7.10. The third-order valence-electron chi connectivity index (χ3n) is 6.34. The molecule has 2 atom stereocenters. The van der Waals surface area contributed by atoms with Gasteiger partial charge in [-0.05, 0) is 60.0 Å². The predicted molar refractivity (Wildman–Crippen MR) is 142 cm³/mol. The number of carbonyl (C=O) groups excluding carboxylic acids is 1. The number of aryl methyl sites for hydroxylation is 1. The van der Waals surface area contributed by atoms with E-state index in [0.717, 1.165) is 23.3 Å². The van der Waals surface area contributed by atoms with Gasteiger partial charge in [-0.3, -0.25) is 9.69 Å². The SMILES string of the molecule is C=CCN(CC(=O)N1CCc2sccc2[C@@H]1COc1cccc(C)c1)C[C@H](O)Cc1ccccc1. The van der Waals surface area contributed by atoms with Crippen LogP contribution in [-0.2, 0) is 17.6 Å². The first kappa shape index (κ1) is 25.2. The van der Waals surface area contributed by atoms with Gasteiger partial charge in [0.05, 0.1) is 18.7 Å².